The van der Waals surface area contributed by atoms with Crippen molar-refractivity contribution in [2.75, 3.05) is 37.5 Å². The van der Waals surface area contributed by atoms with Crippen LogP contribution in [0, 0.1) is 0 Å². The summed E-state index contributed by atoms with van der Waals surface area (Å²) in [6.07, 6.45) is 0. The molecule has 0 fully saturated rings. The number of hydrogen-bond acceptors (Lipinski definition) is 5. The van der Waals surface area contributed by atoms with E-state index in [1.54, 1.807) is 43.5 Å². The van der Waals surface area contributed by atoms with Crippen molar-refractivity contribution >= 4 is 23.2 Å². The summed E-state index contributed by atoms with van der Waals surface area (Å²) in [5.74, 6) is 0.0217. The third-order valence-electron chi connectivity index (χ3n) is 3.90. The Morgan fingerprint density at radius 2 is 1.65 bits per heavy atom. The molecule has 0 heterocycles. The second kappa shape index (κ2) is 9.31. The molecule has 0 aliphatic heterocycles. The Morgan fingerprint density at radius 3 is 2.23 bits per heavy atom. The molecule has 2 aromatic rings. The number of nitrogens with one attached hydrogen (secondary N) is 3. The van der Waals surface area contributed by atoms with Crippen molar-refractivity contribution in [1.29, 1.82) is 0 Å². The first-order valence-electron chi connectivity index (χ1n) is 8.31. The van der Waals surface area contributed by atoms with E-state index in [0.717, 1.165) is 23.7 Å². The SMILES string of the molecule is CCN(C)c1ccc(C(=O)NNC(=O)CNc2ccc(OC)cc2)cc1. The van der Waals surface area contributed by atoms with Gasteiger partial charge in [-0.25, -0.2) is 0 Å². The third-order valence-corrected chi connectivity index (χ3v) is 3.90. The van der Waals surface area contributed by atoms with Gasteiger partial charge in [-0.2, -0.15) is 0 Å². The number of amides is 2. The first-order chi connectivity index (χ1) is 12.5. The Morgan fingerprint density at radius 1 is 1.00 bits per heavy atom. The number of rotatable bonds is 7. The largest absolute Gasteiger partial charge is 0.497 e. The maximum Gasteiger partial charge on any atom is 0.269 e. The zero-order valence-corrected chi connectivity index (χ0v) is 15.2. The second-order valence-corrected chi connectivity index (χ2v) is 5.65. The standard InChI is InChI=1S/C19H24N4O3/c1-4-23(2)16-9-5-14(6-10-16)19(25)22-21-18(24)13-20-15-7-11-17(26-3)12-8-15/h5-12,20H,4,13H2,1-3H3,(H,21,24)(H,22,25). The van der Waals surface area contributed by atoms with Crippen LogP contribution in [0.25, 0.3) is 0 Å². The number of ether oxygens (including phenoxy) is 1. The highest BCUT2D eigenvalue weighted by Crippen LogP contribution is 2.15. The summed E-state index contributed by atoms with van der Waals surface area (Å²) in [6.45, 7) is 2.96. The Labute approximate surface area is 153 Å². The lowest BCUT2D eigenvalue weighted by Gasteiger charge is -2.16. The number of benzene rings is 2. The van der Waals surface area contributed by atoms with Gasteiger partial charge in [-0.3, -0.25) is 20.4 Å². The highest BCUT2D eigenvalue weighted by atomic mass is 16.5. The molecule has 0 aliphatic carbocycles. The molecule has 0 saturated carbocycles. The van der Waals surface area contributed by atoms with Crippen molar-refractivity contribution in [2.24, 2.45) is 0 Å². The minimum absolute atomic E-state index is 0.0346. The Bertz CT molecular complexity index is 729. The molecule has 26 heavy (non-hydrogen) atoms. The second-order valence-electron chi connectivity index (χ2n) is 5.65. The van der Waals surface area contributed by atoms with Gasteiger partial charge in [0.1, 0.15) is 5.75 Å². The first kappa shape index (κ1) is 19.1. The van der Waals surface area contributed by atoms with Crippen LogP contribution in [-0.2, 0) is 4.79 Å². The Balaban J connectivity index is 1.78. The van der Waals surface area contributed by atoms with E-state index in [9.17, 15) is 9.59 Å². The number of carbonyl (C=O) groups excluding carboxylic acids is 2. The smallest absolute Gasteiger partial charge is 0.269 e. The summed E-state index contributed by atoms with van der Waals surface area (Å²) < 4.78 is 5.07. The number of hydrazine groups is 1. The van der Waals surface area contributed by atoms with Crippen molar-refractivity contribution < 1.29 is 14.3 Å². The predicted octanol–water partition coefficient (Wildman–Crippen LogP) is 2.02. The van der Waals surface area contributed by atoms with Crippen LogP contribution in [0.15, 0.2) is 48.5 Å². The van der Waals surface area contributed by atoms with Crippen LogP contribution in [0.2, 0.25) is 0 Å². The summed E-state index contributed by atoms with van der Waals surface area (Å²) >= 11 is 0. The first-order valence-corrected chi connectivity index (χ1v) is 8.31. The summed E-state index contributed by atoms with van der Waals surface area (Å²) in [5.41, 5.74) is 7.07. The van der Waals surface area contributed by atoms with Gasteiger partial charge >= 0.3 is 0 Å². The average molecular weight is 356 g/mol. The zero-order valence-electron chi connectivity index (χ0n) is 15.2. The average Bonchev–Trinajstić information content (AvgIpc) is 2.70. The molecule has 0 aliphatic rings. The topological polar surface area (TPSA) is 82.7 Å². The quantitative estimate of drug-likeness (QED) is 0.661. The lowest BCUT2D eigenvalue weighted by atomic mass is 10.2. The summed E-state index contributed by atoms with van der Waals surface area (Å²) in [6, 6.07) is 14.4. The van der Waals surface area contributed by atoms with Crippen LogP contribution in [0.5, 0.6) is 5.75 Å². The van der Waals surface area contributed by atoms with E-state index >= 15 is 0 Å². The van der Waals surface area contributed by atoms with Gasteiger partial charge in [0.2, 0.25) is 0 Å². The van der Waals surface area contributed by atoms with Crippen LogP contribution in [0.3, 0.4) is 0 Å². The molecule has 138 valence electrons. The zero-order chi connectivity index (χ0) is 18.9. The minimum atomic E-state index is -0.367. The van der Waals surface area contributed by atoms with Crippen LogP contribution < -0.4 is 25.8 Å². The minimum Gasteiger partial charge on any atom is -0.497 e. The third kappa shape index (κ3) is 5.41. The molecule has 2 amide bonds. The van der Waals surface area contributed by atoms with Gasteiger partial charge in [0.05, 0.1) is 13.7 Å². The number of nitrogens with zero attached hydrogens (tertiary/aromatic N) is 1. The summed E-state index contributed by atoms with van der Waals surface area (Å²) in [5, 5.41) is 2.96. The van der Waals surface area contributed by atoms with Crippen LogP contribution in [0.1, 0.15) is 17.3 Å². The van der Waals surface area contributed by atoms with Gasteiger partial charge in [-0.05, 0) is 55.5 Å². The van der Waals surface area contributed by atoms with E-state index in [1.165, 1.54) is 0 Å². The molecule has 0 aromatic heterocycles. The van der Waals surface area contributed by atoms with E-state index in [1.807, 2.05) is 19.2 Å². The van der Waals surface area contributed by atoms with Gasteiger partial charge in [-0.1, -0.05) is 0 Å². The maximum atomic E-state index is 12.1. The van der Waals surface area contributed by atoms with E-state index in [4.69, 9.17) is 4.74 Å². The van der Waals surface area contributed by atoms with Crippen molar-refractivity contribution in [2.45, 2.75) is 6.92 Å². The van der Waals surface area contributed by atoms with Gasteiger partial charge in [0.15, 0.2) is 0 Å². The molecule has 0 radical (unpaired) electrons. The molecular formula is C19H24N4O3. The van der Waals surface area contributed by atoms with Gasteiger partial charge in [0.25, 0.3) is 11.8 Å². The van der Waals surface area contributed by atoms with Crippen molar-refractivity contribution in [1.82, 2.24) is 10.9 Å². The highest BCUT2D eigenvalue weighted by molar-refractivity contribution is 5.96. The molecule has 0 spiro atoms. The van der Waals surface area contributed by atoms with Crippen molar-refractivity contribution in [3.05, 3.63) is 54.1 Å². The molecule has 0 bridgehead atoms. The van der Waals surface area contributed by atoms with E-state index in [-0.39, 0.29) is 18.4 Å². The predicted molar refractivity (Wildman–Crippen MR) is 102 cm³/mol. The molecule has 2 aromatic carbocycles. The number of hydrogen-bond donors (Lipinski definition) is 3. The molecule has 7 nitrogen and oxygen atoms in total. The van der Waals surface area contributed by atoms with E-state index < -0.39 is 0 Å². The lowest BCUT2D eigenvalue weighted by molar-refractivity contribution is -0.120. The highest BCUT2D eigenvalue weighted by Gasteiger charge is 2.08. The van der Waals surface area contributed by atoms with Crippen LogP contribution in [0.4, 0.5) is 11.4 Å². The van der Waals surface area contributed by atoms with Gasteiger partial charge < -0.3 is 15.0 Å². The number of carbonyl (C=O) groups is 2. The van der Waals surface area contributed by atoms with E-state index in [0.29, 0.717) is 5.56 Å². The Hall–Kier alpha value is -3.22. The van der Waals surface area contributed by atoms with Crippen LogP contribution >= 0.6 is 0 Å². The normalized spacial score (nSPS) is 9.96. The lowest BCUT2D eigenvalue weighted by Crippen LogP contribution is -2.44. The van der Waals surface area contributed by atoms with Gasteiger partial charge in [-0.15, -0.1) is 0 Å². The molecular weight excluding hydrogens is 332 g/mol. The fourth-order valence-corrected chi connectivity index (χ4v) is 2.18. The van der Waals surface area contributed by atoms with Crippen molar-refractivity contribution in [3.8, 4) is 5.75 Å². The molecule has 0 saturated heterocycles. The molecule has 2 rings (SSSR count). The maximum absolute atomic E-state index is 12.1. The summed E-state index contributed by atoms with van der Waals surface area (Å²) in [7, 11) is 3.57. The fraction of sp³-hybridized carbons (Fsp3) is 0.263. The molecule has 0 unspecified atom stereocenters. The number of anilines is 2. The monoisotopic (exact) mass is 356 g/mol. The van der Waals surface area contributed by atoms with Crippen LogP contribution in [-0.4, -0.2) is 39.1 Å². The molecule has 0 atom stereocenters. The molecule has 3 N–H and O–H groups in total. The van der Waals surface area contributed by atoms with Crippen molar-refractivity contribution in [3.63, 3.8) is 0 Å². The van der Waals surface area contributed by atoms with Gasteiger partial charge in [0, 0.05) is 30.5 Å². The Kier molecular flexibility index (Phi) is 6.84. The van der Waals surface area contributed by atoms with E-state index in [2.05, 4.69) is 28.0 Å². The fourth-order valence-electron chi connectivity index (χ4n) is 2.18. The summed E-state index contributed by atoms with van der Waals surface area (Å²) in [4.78, 5) is 26.0. The molecule has 7 heteroatoms. The number of methoxy groups -OCH3 is 1.